The number of alkyl halides is 1. The van der Waals surface area contributed by atoms with E-state index in [0.717, 1.165) is 12.0 Å². The van der Waals surface area contributed by atoms with Crippen LogP contribution in [0.3, 0.4) is 0 Å². The smallest absolute Gasteiger partial charge is 0.303 e. The predicted octanol–water partition coefficient (Wildman–Crippen LogP) is 2.70. The Hall–Kier alpha value is -2.75. The first kappa shape index (κ1) is 42.0. The van der Waals surface area contributed by atoms with Gasteiger partial charge in [0.2, 0.25) is 23.6 Å². The number of nitrogens with one attached hydrogen (secondary N) is 2. The van der Waals surface area contributed by atoms with Crippen LogP contribution in [-0.2, 0) is 38.2 Å². The molecule has 1 unspecified atom stereocenters. The lowest BCUT2D eigenvalue weighted by Gasteiger charge is -2.44. The Balaban J connectivity index is 1.25. The van der Waals surface area contributed by atoms with Crippen LogP contribution in [0.1, 0.15) is 79.6 Å². The minimum Gasteiger partial charge on any atom is -0.459 e. The lowest BCUT2D eigenvalue weighted by atomic mass is 9.83. The van der Waals surface area contributed by atoms with E-state index in [2.05, 4.69) is 17.6 Å². The van der Waals surface area contributed by atoms with Gasteiger partial charge in [0.15, 0.2) is 0 Å². The van der Waals surface area contributed by atoms with Crippen LogP contribution in [0.15, 0.2) is 36.0 Å². The molecule has 15 heteroatoms. The molecule has 4 rings (SSSR count). The number of hydrogen-bond donors (Lipinski definition) is 4. The van der Waals surface area contributed by atoms with E-state index in [-0.39, 0.29) is 90.3 Å². The van der Waals surface area contributed by atoms with E-state index in [9.17, 15) is 34.2 Å². The SMILES string of the molecule is CSC1CC(=O)N(C2CC(NC(=O)C[C@@H]3C[C@@](O)(CCl)[C@H](O)[C@@H](/C=C/C(C)=C/C[C@@H]4O[C@H](C)[C@H](NC(=O)/C=C\[C@H](C)OC(C)=O)C[C@@H]4C)O3)C2)C1=O. The van der Waals surface area contributed by atoms with Crippen LogP contribution in [0.5, 0.6) is 0 Å². The standard InChI is InChI=1S/C37H54ClN3O10S/c1-20(7-10-29-21(2)13-28(23(4)50-29)40-32(43)12-9-22(3)49-24(5)42)8-11-30-35(46)37(48,19-38)18-27(51-30)16-33(44)39-25-14-26(15-25)41-34(45)17-31(52-6)36(41)47/h7-9,11-12,21-23,25-31,35,46,48H,10,13-19H2,1-6H3,(H,39,44)(H,40,43)/b11-8+,12-9-,20-7+/t21-,22-,23+,25?,26?,27+,28+,29-,30+,31?,35+,37+/m0/s1. The third-order valence-corrected chi connectivity index (χ3v) is 11.7. The second-order valence-corrected chi connectivity index (χ2v) is 16.0. The van der Waals surface area contributed by atoms with E-state index < -0.39 is 36.0 Å². The number of thioether (sulfide) groups is 1. The minimum atomic E-state index is -1.66. The predicted molar refractivity (Wildman–Crippen MR) is 196 cm³/mol. The van der Waals surface area contributed by atoms with Crippen LogP contribution in [0.25, 0.3) is 0 Å². The molecule has 3 saturated heterocycles. The largest absolute Gasteiger partial charge is 0.459 e. The number of esters is 1. The zero-order chi connectivity index (χ0) is 38.3. The van der Waals surface area contributed by atoms with Gasteiger partial charge in [-0.25, -0.2) is 0 Å². The Labute approximate surface area is 315 Å². The third kappa shape index (κ3) is 10.9. The van der Waals surface area contributed by atoms with Crippen molar-refractivity contribution in [3.8, 4) is 0 Å². The van der Waals surface area contributed by atoms with Crippen molar-refractivity contribution in [2.45, 2.75) is 145 Å². The number of allylic oxidation sites excluding steroid dienone is 2. The van der Waals surface area contributed by atoms with E-state index >= 15 is 0 Å². The molecule has 4 amide bonds. The van der Waals surface area contributed by atoms with Crippen molar-refractivity contribution in [1.29, 1.82) is 0 Å². The molecule has 1 saturated carbocycles. The highest BCUT2D eigenvalue weighted by Crippen LogP contribution is 2.35. The lowest BCUT2D eigenvalue weighted by Crippen LogP contribution is -2.59. The molecule has 3 aliphatic heterocycles. The molecule has 0 aromatic carbocycles. The Morgan fingerprint density at radius 1 is 1.13 bits per heavy atom. The van der Waals surface area contributed by atoms with Gasteiger partial charge in [-0.05, 0) is 64.7 Å². The molecule has 0 aromatic heterocycles. The summed E-state index contributed by atoms with van der Waals surface area (Å²) in [5.74, 6) is -1.41. The number of aliphatic hydroxyl groups is 2. The molecular formula is C37H54ClN3O10S. The summed E-state index contributed by atoms with van der Waals surface area (Å²) in [4.78, 5) is 62.7. The van der Waals surface area contributed by atoms with Crippen molar-refractivity contribution in [3.05, 3.63) is 36.0 Å². The second kappa shape index (κ2) is 18.5. The van der Waals surface area contributed by atoms with Gasteiger partial charge < -0.3 is 35.1 Å². The molecule has 0 spiro atoms. The summed E-state index contributed by atoms with van der Waals surface area (Å²) in [7, 11) is 0. The average molecular weight is 768 g/mol. The van der Waals surface area contributed by atoms with Gasteiger partial charge in [-0.15, -0.1) is 11.6 Å². The molecule has 3 heterocycles. The van der Waals surface area contributed by atoms with Crippen molar-refractivity contribution in [3.63, 3.8) is 0 Å². The van der Waals surface area contributed by atoms with Crippen molar-refractivity contribution >= 4 is 53.0 Å². The Morgan fingerprint density at radius 3 is 2.48 bits per heavy atom. The molecule has 52 heavy (non-hydrogen) atoms. The number of carbonyl (C=O) groups excluding carboxylic acids is 5. The lowest BCUT2D eigenvalue weighted by molar-refractivity contribution is -0.195. The van der Waals surface area contributed by atoms with Crippen LogP contribution in [0, 0.1) is 5.92 Å². The van der Waals surface area contributed by atoms with Crippen LogP contribution in [0.2, 0.25) is 0 Å². The number of nitrogens with zero attached hydrogens (tertiary/aromatic N) is 1. The van der Waals surface area contributed by atoms with E-state index in [1.54, 1.807) is 19.1 Å². The Bertz CT molecular complexity index is 1420. The van der Waals surface area contributed by atoms with Gasteiger partial charge >= 0.3 is 5.97 Å². The Kier molecular flexibility index (Phi) is 15.0. The first-order valence-corrected chi connectivity index (χ1v) is 19.8. The average Bonchev–Trinajstić information content (AvgIpc) is 3.34. The van der Waals surface area contributed by atoms with Gasteiger partial charge in [-0.3, -0.25) is 28.9 Å². The number of imide groups is 1. The number of ether oxygens (including phenoxy) is 3. The van der Waals surface area contributed by atoms with Gasteiger partial charge in [-0.1, -0.05) is 30.7 Å². The van der Waals surface area contributed by atoms with Crippen molar-refractivity contribution in [2.24, 2.45) is 5.92 Å². The number of rotatable bonds is 14. The molecule has 1 aliphatic carbocycles. The van der Waals surface area contributed by atoms with Crippen molar-refractivity contribution in [1.82, 2.24) is 15.5 Å². The number of halogens is 1. The number of hydrogen-bond acceptors (Lipinski definition) is 11. The minimum absolute atomic E-state index is 0.0232. The summed E-state index contributed by atoms with van der Waals surface area (Å²) in [5.41, 5.74) is -0.776. The maximum absolute atomic E-state index is 13.0. The normalized spacial score (nSPS) is 36.2. The molecule has 10 atom stereocenters. The van der Waals surface area contributed by atoms with E-state index in [1.807, 2.05) is 26.2 Å². The summed E-state index contributed by atoms with van der Waals surface area (Å²) < 4.78 is 17.4. The fourth-order valence-corrected chi connectivity index (χ4v) is 8.15. The highest BCUT2D eigenvalue weighted by atomic mass is 35.5. The fourth-order valence-electron chi connectivity index (χ4n) is 7.25. The number of amides is 4. The topological polar surface area (TPSA) is 181 Å². The van der Waals surface area contributed by atoms with E-state index in [0.29, 0.717) is 19.3 Å². The maximum Gasteiger partial charge on any atom is 0.303 e. The molecule has 4 N–H and O–H groups in total. The van der Waals surface area contributed by atoms with Gasteiger partial charge in [0.25, 0.3) is 0 Å². The Morgan fingerprint density at radius 2 is 1.85 bits per heavy atom. The molecule has 4 aliphatic rings. The zero-order valence-electron chi connectivity index (χ0n) is 30.8. The zero-order valence-corrected chi connectivity index (χ0v) is 32.4. The highest BCUT2D eigenvalue weighted by molar-refractivity contribution is 8.00. The monoisotopic (exact) mass is 767 g/mol. The van der Waals surface area contributed by atoms with Gasteiger partial charge in [0, 0.05) is 37.9 Å². The summed E-state index contributed by atoms with van der Waals surface area (Å²) in [5, 5.41) is 27.7. The first-order valence-electron chi connectivity index (χ1n) is 18.0. The summed E-state index contributed by atoms with van der Waals surface area (Å²) in [6.45, 7) is 8.89. The molecule has 290 valence electrons. The van der Waals surface area contributed by atoms with Crippen LogP contribution < -0.4 is 10.6 Å². The molecule has 0 bridgehead atoms. The van der Waals surface area contributed by atoms with Crippen LogP contribution in [0.4, 0.5) is 0 Å². The molecular weight excluding hydrogens is 714 g/mol. The maximum atomic E-state index is 13.0. The van der Waals surface area contributed by atoms with E-state index in [4.69, 9.17) is 25.8 Å². The second-order valence-electron chi connectivity index (χ2n) is 14.7. The number of aliphatic hydroxyl groups excluding tert-OH is 1. The summed E-state index contributed by atoms with van der Waals surface area (Å²) in [6, 6.07) is -0.566. The van der Waals surface area contributed by atoms with Gasteiger partial charge in [0.1, 0.15) is 23.9 Å². The number of carbonyl (C=O) groups is 5. The number of likely N-dealkylation sites (tertiary alicyclic amines) is 1. The highest BCUT2D eigenvalue weighted by Gasteiger charge is 2.49. The third-order valence-electron chi connectivity index (χ3n) is 10.3. The van der Waals surface area contributed by atoms with Crippen LogP contribution >= 0.6 is 23.4 Å². The molecule has 0 radical (unpaired) electrons. The summed E-state index contributed by atoms with van der Waals surface area (Å²) in [6.07, 6.45) is 8.91. The first-order chi connectivity index (χ1) is 24.5. The molecule has 13 nitrogen and oxygen atoms in total. The quantitative estimate of drug-likeness (QED) is 0.0671. The molecule has 4 fully saturated rings. The summed E-state index contributed by atoms with van der Waals surface area (Å²) >= 11 is 7.48. The van der Waals surface area contributed by atoms with Crippen molar-refractivity contribution < 1.29 is 48.4 Å². The van der Waals surface area contributed by atoms with Gasteiger partial charge in [0.05, 0.1) is 41.9 Å². The fraction of sp³-hybridized carbons (Fsp3) is 0.703. The van der Waals surface area contributed by atoms with Crippen LogP contribution in [-0.4, -0.2) is 122 Å². The van der Waals surface area contributed by atoms with Crippen molar-refractivity contribution in [2.75, 3.05) is 12.1 Å². The van der Waals surface area contributed by atoms with E-state index in [1.165, 1.54) is 35.7 Å². The van der Waals surface area contributed by atoms with Gasteiger partial charge in [-0.2, -0.15) is 11.8 Å². The molecule has 0 aromatic rings.